The third kappa shape index (κ3) is 1.60. The van der Waals surface area contributed by atoms with Crippen LogP contribution in [0.3, 0.4) is 0 Å². The molecular weight excluding hydrogens is 226 g/mol. The van der Waals surface area contributed by atoms with Crippen LogP contribution in [0.15, 0.2) is 0 Å². The molecule has 3 heterocycles. The molecule has 6 heteroatoms. The standard InChI is InChI=1S/C10H15N3O2S/c14-9(7-5-16-10(15)12-7)13-2-1-6-3-11-4-8(6)13/h6-8,11H,1-5H2,(H,12,15)/t6-,7?,8+/m0/s1. The number of amides is 2. The van der Waals surface area contributed by atoms with Crippen LogP contribution in [0, 0.1) is 5.92 Å². The summed E-state index contributed by atoms with van der Waals surface area (Å²) in [7, 11) is 0. The largest absolute Gasteiger partial charge is 0.336 e. The fraction of sp³-hybridized carbons (Fsp3) is 0.800. The Hall–Kier alpha value is -0.750. The fourth-order valence-electron chi connectivity index (χ4n) is 2.84. The summed E-state index contributed by atoms with van der Waals surface area (Å²) in [6.07, 6.45) is 1.09. The van der Waals surface area contributed by atoms with Crippen LogP contribution in [0.1, 0.15) is 6.42 Å². The van der Waals surface area contributed by atoms with E-state index in [0.29, 0.717) is 17.7 Å². The van der Waals surface area contributed by atoms with Gasteiger partial charge in [0.25, 0.3) is 5.24 Å². The van der Waals surface area contributed by atoms with Crippen LogP contribution in [-0.4, -0.2) is 53.5 Å². The Morgan fingerprint density at radius 1 is 1.44 bits per heavy atom. The average molecular weight is 241 g/mol. The van der Waals surface area contributed by atoms with E-state index in [9.17, 15) is 9.59 Å². The molecule has 0 aromatic carbocycles. The zero-order chi connectivity index (χ0) is 11.1. The third-order valence-electron chi connectivity index (χ3n) is 3.70. The number of hydrogen-bond acceptors (Lipinski definition) is 4. The molecule has 3 atom stereocenters. The molecule has 2 N–H and O–H groups in total. The molecule has 1 unspecified atom stereocenters. The van der Waals surface area contributed by atoms with Gasteiger partial charge in [-0.15, -0.1) is 0 Å². The lowest BCUT2D eigenvalue weighted by atomic mass is 10.1. The van der Waals surface area contributed by atoms with Crippen molar-refractivity contribution in [2.45, 2.75) is 18.5 Å². The van der Waals surface area contributed by atoms with Gasteiger partial charge in [-0.1, -0.05) is 11.8 Å². The van der Waals surface area contributed by atoms with Crippen molar-refractivity contribution in [2.75, 3.05) is 25.4 Å². The summed E-state index contributed by atoms with van der Waals surface area (Å²) in [6, 6.07) is 0.0619. The highest BCUT2D eigenvalue weighted by molar-refractivity contribution is 8.14. The molecule has 3 aliphatic rings. The van der Waals surface area contributed by atoms with Crippen molar-refractivity contribution in [3.8, 4) is 0 Å². The van der Waals surface area contributed by atoms with Crippen LogP contribution in [0.2, 0.25) is 0 Å². The Labute approximate surface area is 98.3 Å². The molecule has 0 aliphatic carbocycles. The molecule has 3 saturated heterocycles. The summed E-state index contributed by atoms with van der Waals surface area (Å²) in [5.74, 6) is 1.31. The van der Waals surface area contributed by atoms with E-state index in [1.54, 1.807) is 0 Å². The first-order valence-electron chi connectivity index (χ1n) is 5.70. The number of nitrogens with one attached hydrogen (secondary N) is 2. The Morgan fingerprint density at radius 2 is 2.31 bits per heavy atom. The van der Waals surface area contributed by atoms with Crippen LogP contribution < -0.4 is 10.6 Å². The molecule has 0 bridgehead atoms. The number of carbonyl (C=O) groups excluding carboxylic acids is 2. The molecule has 16 heavy (non-hydrogen) atoms. The topological polar surface area (TPSA) is 61.4 Å². The molecule has 0 radical (unpaired) electrons. The second-order valence-electron chi connectivity index (χ2n) is 4.60. The Balaban J connectivity index is 1.68. The molecule has 0 saturated carbocycles. The predicted octanol–water partition coefficient (Wildman–Crippen LogP) is -0.368. The molecule has 5 nitrogen and oxygen atoms in total. The van der Waals surface area contributed by atoms with E-state index >= 15 is 0 Å². The molecule has 2 amide bonds. The second-order valence-corrected chi connectivity index (χ2v) is 5.59. The monoisotopic (exact) mass is 241 g/mol. The number of rotatable bonds is 1. The van der Waals surface area contributed by atoms with Gasteiger partial charge in [0.2, 0.25) is 5.91 Å². The van der Waals surface area contributed by atoms with Crippen LogP contribution in [0.4, 0.5) is 4.79 Å². The van der Waals surface area contributed by atoms with Crippen LogP contribution in [-0.2, 0) is 4.79 Å². The molecule has 0 aromatic rings. The molecule has 0 spiro atoms. The van der Waals surface area contributed by atoms with Crippen LogP contribution in [0.25, 0.3) is 0 Å². The van der Waals surface area contributed by atoms with Gasteiger partial charge in [-0.25, -0.2) is 0 Å². The van der Waals surface area contributed by atoms with E-state index in [2.05, 4.69) is 10.6 Å². The highest BCUT2D eigenvalue weighted by Gasteiger charge is 2.43. The first-order chi connectivity index (χ1) is 7.75. The number of carbonyl (C=O) groups is 2. The number of fused-ring (bicyclic) bond motifs is 1. The van der Waals surface area contributed by atoms with E-state index in [1.807, 2.05) is 4.90 Å². The van der Waals surface area contributed by atoms with Crippen molar-refractivity contribution >= 4 is 22.9 Å². The van der Waals surface area contributed by atoms with Crippen molar-refractivity contribution < 1.29 is 9.59 Å². The van der Waals surface area contributed by atoms with Crippen LogP contribution >= 0.6 is 11.8 Å². The summed E-state index contributed by atoms with van der Waals surface area (Å²) in [5.41, 5.74) is 0. The van der Waals surface area contributed by atoms with Gasteiger partial charge in [0.05, 0.1) is 0 Å². The molecule has 3 rings (SSSR count). The Kier molecular flexibility index (Phi) is 2.55. The summed E-state index contributed by atoms with van der Waals surface area (Å²) in [4.78, 5) is 25.2. The highest BCUT2D eigenvalue weighted by atomic mass is 32.2. The van der Waals surface area contributed by atoms with Gasteiger partial charge >= 0.3 is 0 Å². The van der Waals surface area contributed by atoms with Crippen molar-refractivity contribution in [3.05, 3.63) is 0 Å². The minimum atomic E-state index is -0.295. The van der Waals surface area contributed by atoms with E-state index in [4.69, 9.17) is 0 Å². The van der Waals surface area contributed by atoms with Crippen molar-refractivity contribution in [1.29, 1.82) is 0 Å². The van der Waals surface area contributed by atoms with E-state index in [1.165, 1.54) is 11.8 Å². The lowest BCUT2D eigenvalue weighted by Gasteiger charge is -2.25. The van der Waals surface area contributed by atoms with Gasteiger partial charge in [0.1, 0.15) is 6.04 Å². The number of thioether (sulfide) groups is 1. The molecular formula is C10H15N3O2S. The normalized spacial score (nSPS) is 37.6. The van der Waals surface area contributed by atoms with Gasteiger partial charge < -0.3 is 15.5 Å². The zero-order valence-corrected chi connectivity index (χ0v) is 9.76. The summed E-state index contributed by atoms with van der Waals surface area (Å²) in [5, 5.41) is 5.97. The Morgan fingerprint density at radius 3 is 3.06 bits per heavy atom. The van der Waals surface area contributed by atoms with Crippen molar-refractivity contribution in [2.24, 2.45) is 5.92 Å². The molecule has 3 fully saturated rings. The second kappa shape index (κ2) is 3.92. The van der Waals surface area contributed by atoms with Gasteiger partial charge in [-0.05, 0) is 12.3 Å². The third-order valence-corrected chi connectivity index (χ3v) is 4.58. The predicted molar refractivity (Wildman–Crippen MR) is 61.3 cm³/mol. The van der Waals surface area contributed by atoms with Gasteiger partial charge in [-0.2, -0.15) is 0 Å². The minimum absolute atomic E-state index is 0.0707. The quantitative estimate of drug-likeness (QED) is 0.657. The molecule has 0 aromatic heterocycles. The molecule has 88 valence electrons. The van der Waals surface area contributed by atoms with Gasteiger partial charge in [0.15, 0.2) is 0 Å². The lowest BCUT2D eigenvalue weighted by molar-refractivity contribution is -0.133. The maximum Gasteiger partial charge on any atom is 0.279 e. The lowest BCUT2D eigenvalue weighted by Crippen LogP contribution is -2.49. The van der Waals surface area contributed by atoms with Crippen molar-refractivity contribution in [1.82, 2.24) is 15.5 Å². The summed E-state index contributed by atoms with van der Waals surface area (Å²) < 4.78 is 0. The number of hydrogen-bond donors (Lipinski definition) is 2. The fourth-order valence-corrected chi connectivity index (χ4v) is 3.61. The SMILES string of the molecule is O=C1NC(C(=O)N2CC[C@H]3CNC[C@H]32)CS1. The minimum Gasteiger partial charge on any atom is -0.336 e. The first kappa shape index (κ1) is 10.4. The molecule has 3 aliphatic heterocycles. The van der Waals surface area contributed by atoms with Crippen LogP contribution in [0.5, 0.6) is 0 Å². The van der Waals surface area contributed by atoms with Crippen molar-refractivity contribution in [3.63, 3.8) is 0 Å². The van der Waals surface area contributed by atoms with E-state index in [0.717, 1.165) is 26.1 Å². The van der Waals surface area contributed by atoms with Gasteiger partial charge in [0, 0.05) is 31.4 Å². The van der Waals surface area contributed by atoms with E-state index < -0.39 is 0 Å². The maximum absolute atomic E-state index is 12.2. The van der Waals surface area contributed by atoms with E-state index in [-0.39, 0.29) is 17.2 Å². The highest BCUT2D eigenvalue weighted by Crippen LogP contribution is 2.28. The summed E-state index contributed by atoms with van der Waals surface area (Å²) in [6.45, 7) is 2.79. The smallest absolute Gasteiger partial charge is 0.279 e. The first-order valence-corrected chi connectivity index (χ1v) is 6.69. The summed E-state index contributed by atoms with van der Waals surface area (Å²) >= 11 is 1.20. The van der Waals surface area contributed by atoms with Gasteiger partial charge in [-0.3, -0.25) is 9.59 Å². The average Bonchev–Trinajstić information content (AvgIpc) is 2.90. The Bertz CT molecular complexity index is 336. The number of nitrogens with zero attached hydrogens (tertiary/aromatic N) is 1. The maximum atomic E-state index is 12.2. The number of likely N-dealkylation sites (tertiary alicyclic amines) is 1. The zero-order valence-electron chi connectivity index (χ0n) is 8.94.